The van der Waals surface area contributed by atoms with Gasteiger partial charge in [0, 0.05) is 22.9 Å². The number of fused-ring (bicyclic) bond motifs is 1. The van der Waals surface area contributed by atoms with E-state index >= 15 is 0 Å². The van der Waals surface area contributed by atoms with Gasteiger partial charge in [0.1, 0.15) is 0 Å². The van der Waals surface area contributed by atoms with Gasteiger partial charge in [0.2, 0.25) is 5.91 Å². The Hall–Kier alpha value is -2.66. The van der Waals surface area contributed by atoms with Crippen LogP contribution >= 0.6 is 23.4 Å². The maximum absolute atomic E-state index is 13.2. The first-order valence-corrected chi connectivity index (χ1v) is 11.2. The van der Waals surface area contributed by atoms with Crippen molar-refractivity contribution in [2.45, 2.75) is 25.0 Å². The molecule has 0 radical (unpaired) electrons. The summed E-state index contributed by atoms with van der Waals surface area (Å²) in [6, 6.07) is 14.5. The van der Waals surface area contributed by atoms with Crippen LogP contribution in [-0.4, -0.2) is 35.4 Å². The number of allylic oxidation sites excluding steroid dienone is 1. The van der Waals surface area contributed by atoms with E-state index in [-0.39, 0.29) is 18.1 Å². The molecule has 4 rings (SSSR count). The standard InChI is InChI=1S/C23H21ClN2O4S/c1-3-30-19-9-4-14(10-20(19)29-2)17-11-21(27)26-22(18(17)12-25)31-13-23(26,28)15-5-7-16(24)8-6-15/h4-10,17,28H,3,11,13H2,1-2H3. The molecule has 6 nitrogen and oxygen atoms in total. The molecule has 8 heteroatoms. The molecule has 0 bridgehead atoms. The maximum atomic E-state index is 13.2. The first kappa shape index (κ1) is 21.6. The minimum absolute atomic E-state index is 0.0694. The number of nitrogens with zero attached hydrogens (tertiary/aromatic N) is 2. The Morgan fingerprint density at radius 2 is 2.03 bits per heavy atom. The Kier molecular flexibility index (Phi) is 5.89. The molecule has 2 aliphatic rings. The van der Waals surface area contributed by atoms with Gasteiger partial charge in [-0.15, -0.1) is 11.8 Å². The third-order valence-electron chi connectivity index (χ3n) is 5.51. The van der Waals surface area contributed by atoms with Crippen molar-refractivity contribution in [3.63, 3.8) is 0 Å². The molecule has 1 amide bonds. The summed E-state index contributed by atoms with van der Waals surface area (Å²) in [5, 5.41) is 22.4. The molecule has 2 aromatic rings. The number of hydrogen-bond donors (Lipinski definition) is 1. The van der Waals surface area contributed by atoms with Crippen LogP contribution in [0.4, 0.5) is 0 Å². The van der Waals surface area contributed by atoms with Crippen molar-refractivity contribution in [3.8, 4) is 17.6 Å². The molecular weight excluding hydrogens is 436 g/mol. The quantitative estimate of drug-likeness (QED) is 0.718. The highest BCUT2D eigenvalue weighted by Crippen LogP contribution is 2.52. The van der Waals surface area contributed by atoms with Gasteiger partial charge in [0.25, 0.3) is 0 Å². The van der Waals surface area contributed by atoms with Crippen LogP contribution in [0.25, 0.3) is 0 Å². The second-order valence-corrected chi connectivity index (χ2v) is 8.67. The highest BCUT2D eigenvalue weighted by molar-refractivity contribution is 8.03. The smallest absolute Gasteiger partial charge is 0.231 e. The van der Waals surface area contributed by atoms with E-state index in [1.54, 1.807) is 37.4 Å². The number of methoxy groups -OCH3 is 1. The SMILES string of the molecule is CCOc1ccc(C2CC(=O)N3C(=C2C#N)SCC3(O)c2ccc(Cl)cc2)cc1OC. The van der Waals surface area contributed by atoms with Gasteiger partial charge >= 0.3 is 0 Å². The van der Waals surface area contributed by atoms with Crippen LogP contribution in [0.2, 0.25) is 5.02 Å². The lowest BCUT2D eigenvalue weighted by Crippen LogP contribution is -2.48. The predicted octanol–water partition coefficient (Wildman–Crippen LogP) is 4.39. The van der Waals surface area contributed by atoms with Crippen LogP contribution in [0.15, 0.2) is 53.1 Å². The number of amides is 1. The molecule has 0 aliphatic carbocycles. The summed E-state index contributed by atoms with van der Waals surface area (Å²) >= 11 is 7.29. The zero-order valence-corrected chi connectivity index (χ0v) is 18.7. The fraction of sp³-hybridized carbons (Fsp3) is 0.304. The third-order valence-corrected chi connectivity index (χ3v) is 6.98. The Morgan fingerprint density at radius 1 is 1.29 bits per heavy atom. The Labute approximate surface area is 190 Å². The largest absolute Gasteiger partial charge is 0.493 e. The van der Waals surface area contributed by atoms with E-state index in [2.05, 4.69) is 6.07 Å². The highest BCUT2D eigenvalue weighted by Gasteiger charge is 2.51. The lowest BCUT2D eigenvalue weighted by molar-refractivity contribution is -0.149. The number of aliphatic hydroxyl groups is 1. The molecule has 2 atom stereocenters. The molecule has 160 valence electrons. The molecule has 2 aliphatic heterocycles. The van der Waals surface area contributed by atoms with Gasteiger partial charge in [-0.1, -0.05) is 29.8 Å². The first-order chi connectivity index (χ1) is 14.9. The van der Waals surface area contributed by atoms with Crippen molar-refractivity contribution in [3.05, 3.63) is 69.2 Å². The second-order valence-electron chi connectivity index (χ2n) is 7.27. The Morgan fingerprint density at radius 3 is 2.68 bits per heavy atom. The van der Waals surface area contributed by atoms with Gasteiger partial charge in [0.15, 0.2) is 17.2 Å². The first-order valence-electron chi connectivity index (χ1n) is 9.82. The van der Waals surface area contributed by atoms with Crippen LogP contribution in [0.1, 0.15) is 30.4 Å². The van der Waals surface area contributed by atoms with E-state index in [9.17, 15) is 15.2 Å². The van der Waals surface area contributed by atoms with Crippen molar-refractivity contribution < 1.29 is 19.4 Å². The van der Waals surface area contributed by atoms with Crippen molar-refractivity contribution in [2.24, 2.45) is 0 Å². The molecule has 1 saturated heterocycles. The second kappa shape index (κ2) is 8.46. The molecular formula is C23H21ClN2O4S. The van der Waals surface area contributed by atoms with Crippen molar-refractivity contribution in [2.75, 3.05) is 19.5 Å². The fourth-order valence-corrected chi connectivity index (χ4v) is 5.50. The molecule has 1 N–H and O–H groups in total. The van der Waals surface area contributed by atoms with Gasteiger partial charge in [-0.2, -0.15) is 5.26 Å². The van der Waals surface area contributed by atoms with E-state index in [0.29, 0.717) is 39.3 Å². The van der Waals surface area contributed by atoms with Gasteiger partial charge in [0.05, 0.1) is 36.1 Å². The van der Waals surface area contributed by atoms with E-state index < -0.39 is 11.6 Å². The number of carbonyl (C=O) groups excluding carboxylic acids is 1. The van der Waals surface area contributed by atoms with Gasteiger partial charge in [-0.05, 0) is 36.8 Å². The molecule has 1 fully saturated rings. The summed E-state index contributed by atoms with van der Waals surface area (Å²) in [7, 11) is 1.55. The van der Waals surface area contributed by atoms with Gasteiger partial charge in [-0.25, -0.2) is 0 Å². The molecule has 2 unspecified atom stereocenters. The van der Waals surface area contributed by atoms with Crippen LogP contribution in [0, 0.1) is 11.3 Å². The minimum atomic E-state index is -1.52. The average Bonchev–Trinajstić information content (AvgIpc) is 3.13. The zero-order valence-electron chi connectivity index (χ0n) is 17.1. The summed E-state index contributed by atoms with van der Waals surface area (Å²) in [5.74, 6) is 0.729. The molecule has 0 aromatic heterocycles. The summed E-state index contributed by atoms with van der Waals surface area (Å²) in [4.78, 5) is 14.6. The number of carbonyl (C=O) groups is 1. The van der Waals surface area contributed by atoms with E-state index in [1.807, 2.05) is 19.1 Å². The number of thioether (sulfide) groups is 1. The average molecular weight is 457 g/mol. The number of benzene rings is 2. The Bertz CT molecular complexity index is 1100. The van der Waals surface area contributed by atoms with E-state index in [4.69, 9.17) is 21.1 Å². The maximum Gasteiger partial charge on any atom is 0.231 e. The van der Waals surface area contributed by atoms with Crippen LogP contribution in [0.3, 0.4) is 0 Å². The predicted molar refractivity (Wildman–Crippen MR) is 119 cm³/mol. The summed E-state index contributed by atoms with van der Waals surface area (Å²) in [6.07, 6.45) is 0.0694. The number of halogens is 1. The monoisotopic (exact) mass is 456 g/mol. The van der Waals surface area contributed by atoms with Crippen LogP contribution in [-0.2, 0) is 10.5 Å². The lowest BCUT2D eigenvalue weighted by Gasteiger charge is -2.38. The van der Waals surface area contributed by atoms with Crippen LogP contribution < -0.4 is 9.47 Å². The summed E-state index contributed by atoms with van der Waals surface area (Å²) in [5.41, 5.74) is 0.289. The lowest BCUT2D eigenvalue weighted by atomic mass is 9.85. The van der Waals surface area contributed by atoms with E-state index in [1.165, 1.54) is 16.7 Å². The Balaban J connectivity index is 1.76. The number of hydrogen-bond acceptors (Lipinski definition) is 6. The molecule has 2 aromatic carbocycles. The zero-order chi connectivity index (χ0) is 22.2. The summed E-state index contributed by atoms with van der Waals surface area (Å²) < 4.78 is 11.0. The molecule has 2 heterocycles. The van der Waals surface area contributed by atoms with Crippen molar-refractivity contribution >= 4 is 29.3 Å². The fourth-order valence-electron chi connectivity index (χ4n) is 4.02. The normalized spacial score (nSPS) is 22.9. The van der Waals surface area contributed by atoms with Crippen molar-refractivity contribution in [1.29, 1.82) is 5.26 Å². The third kappa shape index (κ3) is 3.65. The molecule has 31 heavy (non-hydrogen) atoms. The number of nitriles is 1. The van der Waals surface area contributed by atoms with E-state index in [0.717, 1.165) is 5.56 Å². The highest BCUT2D eigenvalue weighted by atomic mass is 35.5. The summed E-state index contributed by atoms with van der Waals surface area (Å²) in [6.45, 7) is 2.39. The molecule has 0 spiro atoms. The van der Waals surface area contributed by atoms with Gasteiger partial charge < -0.3 is 14.6 Å². The van der Waals surface area contributed by atoms with Crippen LogP contribution in [0.5, 0.6) is 11.5 Å². The van der Waals surface area contributed by atoms with Gasteiger partial charge in [-0.3, -0.25) is 9.69 Å². The minimum Gasteiger partial charge on any atom is -0.493 e. The molecule has 0 saturated carbocycles. The number of rotatable bonds is 5. The van der Waals surface area contributed by atoms with Crippen molar-refractivity contribution in [1.82, 2.24) is 4.90 Å². The topological polar surface area (TPSA) is 82.8 Å². The number of ether oxygens (including phenoxy) is 2.